The van der Waals surface area contributed by atoms with Gasteiger partial charge in [0.25, 0.3) is 0 Å². The monoisotopic (exact) mass is 570 g/mol. The molecule has 0 fully saturated rings. The lowest BCUT2D eigenvalue weighted by molar-refractivity contribution is 0.667. The van der Waals surface area contributed by atoms with Crippen molar-refractivity contribution in [2.24, 2.45) is 0 Å². The van der Waals surface area contributed by atoms with Gasteiger partial charge < -0.3 is 13.4 Å². The second kappa shape index (κ2) is 10.1. The first-order valence-corrected chi connectivity index (χ1v) is 15.5. The number of rotatable bonds is 7. The van der Waals surface area contributed by atoms with Crippen molar-refractivity contribution in [3.05, 3.63) is 133 Å². The number of hydrogen-bond acceptors (Lipinski definition) is 3. The Morgan fingerprint density at radius 2 is 1.14 bits per heavy atom. The summed E-state index contributed by atoms with van der Waals surface area (Å²) >= 11 is 0. The normalized spacial score (nSPS) is 12.1. The molecule has 0 radical (unpaired) electrons. The highest BCUT2D eigenvalue weighted by Crippen LogP contribution is 2.36. The van der Waals surface area contributed by atoms with Gasteiger partial charge in [-0.25, -0.2) is 0 Å². The summed E-state index contributed by atoms with van der Waals surface area (Å²) in [4.78, 5) is 4.60. The summed E-state index contributed by atoms with van der Waals surface area (Å²) in [5.41, 5.74) is 10.8. The number of para-hydroxylation sites is 2. The maximum atomic E-state index is 6.05. The van der Waals surface area contributed by atoms with Crippen LogP contribution in [-0.4, -0.2) is 9.55 Å². The van der Waals surface area contributed by atoms with Gasteiger partial charge in [0.05, 0.1) is 11.0 Å². The Bertz CT molecular complexity index is 2490. The molecule has 0 amide bonds. The Morgan fingerprint density at radius 3 is 2.05 bits per heavy atom. The van der Waals surface area contributed by atoms with E-state index < -0.39 is 0 Å². The number of pyridine rings is 1. The van der Waals surface area contributed by atoms with Gasteiger partial charge in [0.2, 0.25) is 0 Å². The SMILES string of the molecule is c1ccc2c(c1)oc1ccc(CCCCCc3ccc4c(c3)c3ccccc3n4-c3ccc4oc5cccnc5c4c3)cc12. The number of aryl methyl sites for hydroxylation is 2. The first-order valence-electron chi connectivity index (χ1n) is 15.5. The molecule has 0 N–H and O–H groups in total. The number of hydrogen-bond donors (Lipinski definition) is 0. The van der Waals surface area contributed by atoms with Gasteiger partial charge in [-0.1, -0.05) is 55.0 Å². The second-order valence-electron chi connectivity index (χ2n) is 11.8. The zero-order valence-corrected chi connectivity index (χ0v) is 24.3. The molecule has 0 aliphatic heterocycles. The molecule has 0 saturated carbocycles. The Labute approximate surface area is 254 Å². The van der Waals surface area contributed by atoms with E-state index in [1.165, 1.54) is 63.0 Å². The molecule has 212 valence electrons. The molecule has 4 nitrogen and oxygen atoms in total. The van der Waals surface area contributed by atoms with E-state index in [1.54, 1.807) is 0 Å². The summed E-state index contributed by atoms with van der Waals surface area (Å²) in [6.07, 6.45) is 7.57. The molecule has 44 heavy (non-hydrogen) atoms. The molecular formula is C40H30N2O2. The lowest BCUT2D eigenvalue weighted by atomic mass is 10.0. The molecule has 4 aromatic heterocycles. The molecule has 0 bridgehead atoms. The third-order valence-electron chi connectivity index (χ3n) is 9.08. The Hall–Kier alpha value is -5.35. The van der Waals surface area contributed by atoms with Gasteiger partial charge in [0.1, 0.15) is 22.3 Å². The molecule has 0 saturated heterocycles. The van der Waals surface area contributed by atoms with Crippen LogP contribution >= 0.6 is 0 Å². The number of benzene rings is 5. The molecular weight excluding hydrogens is 540 g/mol. The fourth-order valence-electron chi connectivity index (χ4n) is 6.94. The van der Waals surface area contributed by atoms with Crippen LogP contribution in [0.1, 0.15) is 30.4 Å². The maximum Gasteiger partial charge on any atom is 0.153 e. The molecule has 5 aromatic carbocycles. The molecule has 4 heterocycles. The second-order valence-corrected chi connectivity index (χ2v) is 11.8. The van der Waals surface area contributed by atoms with Crippen molar-refractivity contribution < 1.29 is 8.83 Å². The van der Waals surface area contributed by atoms with Gasteiger partial charge in [-0.05, 0) is 104 Å². The Kier molecular flexibility index (Phi) is 5.80. The van der Waals surface area contributed by atoms with Gasteiger partial charge in [-0.3, -0.25) is 4.98 Å². The van der Waals surface area contributed by atoms with Crippen molar-refractivity contribution in [3.8, 4) is 5.69 Å². The number of furan rings is 2. The third-order valence-corrected chi connectivity index (χ3v) is 9.08. The average Bonchev–Trinajstić information content (AvgIpc) is 3.73. The van der Waals surface area contributed by atoms with Gasteiger partial charge >= 0.3 is 0 Å². The van der Waals surface area contributed by atoms with Crippen LogP contribution in [0.15, 0.2) is 130 Å². The molecule has 9 rings (SSSR count). The Morgan fingerprint density at radius 1 is 0.477 bits per heavy atom. The van der Waals surface area contributed by atoms with E-state index in [-0.39, 0.29) is 0 Å². The van der Waals surface area contributed by atoms with Crippen LogP contribution in [0, 0.1) is 0 Å². The largest absolute Gasteiger partial charge is 0.456 e. The van der Waals surface area contributed by atoms with Crippen LogP contribution in [0.2, 0.25) is 0 Å². The van der Waals surface area contributed by atoms with Crippen molar-refractivity contribution in [2.45, 2.75) is 32.1 Å². The summed E-state index contributed by atoms with van der Waals surface area (Å²) in [5.74, 6) is 0. The summed E-state index contributed by atoms with van der Waals surface area (Å²) in [6.45, 7) is 0. The summed E-state index contributed by atoms with van der Waals surface area (Å²) < 4.78 is 14.4. The summed E-state index contributed by atoms with van der Waals surface area (Å²) in [5, 5.41) is 6.04. The highest BCUT2D eigenvalue weighted by molar-refractivity contribution is 6.10. The van der Waals surface area contributed by atoms with E-state index in [9.17, 15) is 0 Å². The van der Waals surface area contributed by atoms with Crippen LogP contribution in [-0.2, 0) is 12.8 Å². The van der Waals surface area contributed by atoms with Crippen molar-refractivity contribution in [1.82, 2.24) is 9.55 Å². The number of unbranched alkanes of at least 4 members (excludes halogenated alkanes) is 2. The van der Waals surface area contributed by atoms with E-state index in [1.807, 2.05) is 30.5 Å². The molecule has 0 atom stereocenters. The quantitative estimate of drug-likeness (QED) is 0.179. The van der Waals surface area contributed by atoms with Gasteiger partial charge in [0, 0.05) is 38.8 Å². The molecule has 0 spiro atoms. The standard InChI is InChI=1S/C40H30N2O2/c1(3-10-27-17-20-37-32(24-27)30-12-5-7-14-36(30)43-37)2-9-26-16-19-35-31(23-26)29-11-4-6-13-34(29)42(35)28-18-21-38-33(25-28)40-39(44-38)15-8-22-41-40/h4-8,11-25H,1-3,9-10H2. The van der Waals surface area contributed by atoms with Crippen LogP contribution in [0.4, 0.5) is 0 Å². The van der Waals surface area contributed by atoms with Crippen molar-refractivity contribution in [2.75, 3.05) is 0 Å². The van der Waals surface area contributed by atoms with Gasteiger partial charge in [0.15, 0.2) is 5.58 Å². The predicted molar refractivity (Wildman–Crippen MR) is 181 cm³/mol. The van der Waals surface area contributed by atoms with E-state index in [0.717, 1.165) is 51.8 Å². The Balaban J connectivity index is 0.957. The molecule has 0 aliphatic carbocycles. The lowest BCUT2D eigenvalue weighted by Crippen LogP contribution is -1.94. The zero-order valence-electron chi connectivity index (χ0n) is 24.3. The predicted octanol–water partition coefficient (Wildman–Crippen LogP) is 10.9. The van der Waals surface area contributed by atoms with E-state index in [0.29, 0.717) is 0 Å². The minimum absolute atomic E-state index is 0.819. The highest BCUT2D eigenvalue weighted by atomic mass is 16.3. The van der Waals surface area contributed by atoms with Crippen LogP contribution < -0.4 is 0 Å². The average molecular weight is 571 g/mol. The van der Waals surface area contributed by atoms with Crippen LogP contribution in [0.3, 0.4) is 0 Å². The maximum absolute atomic E-state index is 6.05. The summed E-state index contributed by atoms with van der Waals surface area (Å²) in [7, 11) is 0. The van der Waals surface area contributed by atoms with Crippen molar-refractivity contribution in [3.63, 3.8) is 0 Å². The van der Waals surface area contributed by atoms with E-state index >= 15 is 0 Å². The minimum Gasteiger partial charge on any atom is -0.456 e. The van der Waals surface area contributed by atoms with Crippen molar-refractivity contribution >= 4 is 65.8 Å². The topological polar surface area (TPSA) is 44.1 Å². The fraction of sp³-hybridized carbons (Fsp3) is 0.125. The van der Waals surface area contributed by atoms with Gasteiger partial charge in [-0.2, -0.15) is 0 Å². The number of aromatic nitrogens is 2. The van der Waals surface area contributed by atoms with Gasteiger partial charge in [-0.15, -0.1) is 0 Å². The highest BCUT2D eigenvalue weighted by Gasteiger charge is 2.15. The van der Waals surface area contributed by atoms with Crippen LogP contribution in [0.5, 0.6) is 0 Å². The molecule has 4 heteroatoms. The first kappa shape index (κ1) is 25.2. The summed E-state index contributed by atoms with van der Waals surface area (Å²) in [6, 6.07) is 41.0. The lowest BCUT2D eigenvalue weighted by Gasteiger charge is -2.08. The van der Waals surface area contributed by atoms with E-state index in [4.69, 9.17) is 8.83 Å². The number of fused-ring (bicyclic) bond motifs is 9. The molecule has 0 unspecified atom stereocenters. The van der Waals surface area contributed by atoms with Crippen molar-refractivity contribution in [1.29, 1.82) is 0 Å². The van der Waals surface area contributed by atoms with E-state index in [2.05, 4.69) is 101 Å². The molecule has 9 aromatic rings. The first-order chi connectivity index (χ1) is 21.8. The molecule has 0 aliphatic rings. The fourth-order valence-corrected chi connectivity index (χ4v) is 6.94. The van der Waals surface area contributed by atoms with Crippen LogP contribution in [0.25, 0.3) is 71.5 Å². The smallest absolute Gasteiger partial charge is 0.153 e. The number of nitrogens with zero attached hydrogens (tertiary/aromatic N) is 2. The third kappa shape index (κ3) is 4.10. The minimum atomic E-state index is 0.819. The zero-order chi connectivity index (χ0) is 29.0.